The topological polar surface area (TPSA) is 58.4 Å². The molecule has 1 aromatic rings. The number of rotatable bonds is 2. The molecule has 2 aliphatic rings. The maximum Gasteiger partial charge on any atom is 0.271 e. The van der Waals surface area contributed by atoms with Gasteiger partial charge in [-0.3, -0.25) is 10.1 Å². The molecule has 0 aromatic heterocycles. The van der Waals surface area contributed by atoms with E-state index in [-0.39, 0.29) is 10.6 Å². The number of benzene rings is 1. The molecule has 0 amide bonds. The lowest BCUT2D eigenvalue weighted by Gasteiger charge is -2.25. The Morgan fingerprint density at radius 1 is 1.39 bits per heavy atom. The Kier molecular flexibility index (Phi) is 2.70. The average Bonchev–Trinajstić information content (AvgIpc) is 2.89. The van der Waals surface area contributed by atoms with Gasteiger partial charge in [0.15, 0.2) is 0 Å². The first-order valence-electron chi connectivity index (χ1n) is 6.38. The fraction of sp³-hybridized carbons (Fsp3) is 0.538. The van der Waals surface area contributed by atoms with Crippen molar-refractivity contribution in [1.82, 2.24) is 5.32 Å². The lowest BCUT2D eigenvalue weighted by atomic mass is 10.0. The van der Waals surface area contributed by atoms with Crippen LogP contribution in [0.1, 0.15) is 12.0 Å². The summed E-state index contributed by atoms with van der Waals surface area (Å²) in [6.07, 6.45) is 1.18. The van der Waals surface area contributed by atoms with Gasteiger partial charge in [0, 0.05) is 43.5 Å². The zero-order valence-corrected chi connectivity index (χ0v) is 10.4. The number of nitro groups is 1. The minimum absolute atomic E-state index is 0.194. The predicted molar refractivity (Wildman–Crippen MR) is 69.9 cm³/mol. The Morgan fingerprint density at radius 3 is 3.00 bits per heavy atom. The number of nitrogens with zero attached hydrogens (tertiary/aromatic N) is 2. The van der Waals surface area contributed by atoms with E-state index < -0.39 is 0 Å². The minimum atomic E-state index is -0.309. The van der Waals surface area contributed by atoms with Crippen molar-refractivity contribution in [3.8, 4) is 0 Å². The van der Waals surface area contributed by atoms with Gasteiger partial charge in [-0.2, -0.15) is 0 Å². The quantitative estimate of drug-likeness (QED) is 0.638. The third-order valence-corrected chi connectivity index (χ3v) is 4.03. The number of hydrogen-bond donors (Lipinski definition) is 1. The van der Waals surface area contributed by atoms with Crippen LogP contribution in [0.25, 0.3) is 0 Å². The molecule has 0 aliphatic carbocycles. The van der Waals surface area contributed by atoms with E-state index in [1.807, 2.05) is 13.0 Å². The highest BCUT2D eigenvalue weighted by atomic mass is 16.6. The lowest BCUT2D eigenvalue weighted by molar-refractivity contribution is -0.384. The Morgan fingerprint density at radius 2 is 2.22 bits per heavy atom. The zero-order valence-electron chi connectivity index (χ0n) is 10.4. The van der Waals surface area contributed by atoms with Crippen LogP contribution in [-0.2, 0) is 0 Å². The van der Waals surface area contributed by atoms with Crippen molar-refractivity contribution in [2.24, 2.45) is 5.92 Å². The van der Waals surface area contributed by atoms with Crippen LogP contribution in [-0.4, -0.2) is 30.6 Å². The fourth-order valence-electron chi connectivity index (χ4n) is 3.18. The summed E-state index contributed by atoms with van der Waals surface area (Å²) in [4.78, 5) is 12.9. The minimum Gasteiger partial charge on any atom is -0.367 e. The molecule has 5 nitrogen and oxygen atoms in total. The lowest BCUT2D eigenvalue weighted by Crippen LogP contribution is -2.34. The Labute approximate surface area is 106 Å². The largest absolute Gasteiger partial charge is 0.367 e. The van der Waals surface area contributed by atoms with Gasteiger partial charge in [-0.25, -0.2) is 0 Å². The Balaban J connectivity index is 1.94. The van der Waals surface area contributed by atoms with Crippen molar-refractivity contribution in [2.75, 3.05) is 24.5 Å². The maximum atomic E-state index is 10.9. The second kappa shape index (κ2) is 4.24. The van der Waals surface area contributed by atoms with Gasteiger partial charge in [-0.15, -0.1) is 0 Å². The number of nitro benzene ring substituents is 1. The van der Waals surface area contributed by atoms with Crippen LogP contribution in [0.3, 0.4) is 0 Å². The van der Waals surface area contributed by atoms with Gasteiger partial charge in [-0.1, -0.05) is 0 Å². The standard InChI is InChI=1S/C13H17N3O2/c1-9-4-11(6-12(5-9)16(17)18)15-3-2-10-7-14-8-13(10)15/h4-6,10,13-14H,2-3,7-8H2,1H3/t10-,13+/m0/s1. The summed E-state index contributed by atoms with van der Waals surface area (Å²) in [6, 6.07) is 5.89. The SMILES string of the molecule is Cc1cc(N2CC[C@H]3CNC[C@H]32)cc([N+](=O)[O-])c1. The molecule has 2 atom stereocenters. The molecule has 0 saturated carbocycles. The maximum absolute atomic E-state index is 10.9. The van der Waals surface area contributed by atoms with E-state index >= 15 is 0 Å². The highest BCUT2D eigenvalue weighted by Crippen LogP contribution is 2.34. The molecule has 0 unspecified atom stereocenters. The van der Waals surface area contributed by atoms with Crippen molar-refractivity contribution in [3.05, 3.63) is 33.9 Å². The summed E-state index contributed by atoms with van der Waals surface area (Å²) in [5.41, 5.74) is 2.14. The van der Waals surface area contributed by atoms with E-state index in [0.717, 1.165) is 30.9 Å². The average molecular weight is 247 g/mol. The Bertz CT molecular complexity index is 489. The second-order valence-electron chi connectivity index (χ2n) is 5.25. The van der Waals surface area contributed by atoms with Crippen LogP contribution in [0.4, 0.5) is 11.4 Å². The number of nitrogens with one attached hydrogen (secondary N) is 1. The first-order chi connectivity index (χ1) is 8.65. The van der Waals surface area contributed by atoms with Gasteiger partial charge in [0.2, 0.25) is 0 Å². The molecule has 2 saturated heterocycles. The molecule has 18 heavy (non-hydrogen) atoms. The van der Waals surface area contributed by atoms with Crippen molar-refractivity contribution >= 4 is 11.4 Å². The smallest absolute Gasteiger partial charge is 0.271 e. The third kappa shape index (κ3) is 1.84. The molecule has 5 heteroatoms. The number of fused-ring (bicyclic) bond motifs is 1. The number of aryl methyl sites for hydroxylation is 1. The molecule has 1 N–H and O–H groups in total. The van der Waals surface area contributed by atoms with E-state index in [2.05, 4.69) is 10.2 Å². The van der Waals surface area contributed by atoms with Gasteiger partial charge in [-0.05, 0) is 30.9 Å². The molecule has 1 aromatic carbocycles. The van der Waals surface area contributed by atoms with Crippen LogP contribution in [0.5, 0.6) is 0 Å². The van der Waals surface area contributed by atoms with Gasteiger partial charge in [0.25, 0.3) is 5.69 Å². The summed E-state index contributed by atoms with van der Waals surface area (Å²) >= 11 is 0. The second-order valence-corrected chi connectivity index (χ2v) is 5.25. The molecule has 0 spiro atoms. The van der Waals surface area contributed by atoms with E-state index in [1.54, 1.807) is 12.1 Å². The molecule has 0 radical (unpaired) electrons. The molecular weight excluding hydrogens is 230 g/mol. The zero-order chi connectivity index (χ0) is 12.7. The normalized spacial score (nSPS) is 26.4. The summed E-state index contributed by atoms with van der Waals surface area (Å²) in [5, 5.41) is 14.3. The van der Waals surface area contributed by atoms with Gasteiger partial charge in [0.05, 0.1) is 4.92 Å². The summed E-state index contributed by atoms with van der Waals surface area (Å²) < 4.78 is 0. The summed E-state index contributed by atoms with van der Waals surface area (Å²) in [6.45, 7) is 5.00. The monoisotopic (exact) mass is 247 g/mol. The first kappa shape index (κ1) is 11.5. The molecule has 96 valence electrons. The van der Waals surface area contributed by atoms with Gasteiger partial charge >= 0.3 is 0 Å². The van der Waals surface area contributed by atoms with Crippen LogP contribution < -0.4 is 10.2 Å². The molecule has 3 rings (SSSR count). The number of hydrogen-bond acceptors (Lipinski definition) is 4. The highest BCUT2D eigenvalue weighted by Gasteiger charge is 2.37. The highest BCUT2D eigenvalue weighted by molar-refractivity contribution is 5.57. The summed E-state index contributed by atoms with van der Waals surface area (Å²) in [5.74, 6) is 0.699. The molecule has 2 aliphatic heterocycles. The van der Waals surface area contributed by atoms with Crippen molar-refractivity contribution < 1.29 is 4.92 Å². The molecular formula is C13H17N3O2. The summed E-state index contributed by atoms with van der Waals surface area (Å²) in [7, 11) is 0. The van der Waals surface area contributed by atoms with E-state index in [9.17, 15) is 10.1 Å². The molecule has 2 heterocycles. The van der Waals surface area contributed by atoms with Crippen molar-refractivity contribution in [1.29, 1.82) is 0 Å². The van der Waals surface area contributed by atoms with E-state index in [4.69, 9.17) is 0 Å². The molecule has 0 bridgehead atoms. The van der Waals surface area contributed by atoms with Crippen molar-refractivity contribution in [3.63, 3.8) is 0 Å². The number of non-ortho nitro benzene ring substituents is 1. The van der Waals surface area contributed by atoms with Crippen molar-refractivity contribution in [2.45, 2.75) is 19.4 Å². The Hall–Kier alpha value is -1.62. The third-order valence-electron chi connectivity index (χ3n) is 4.03. The van der Waals surface area contributed by atoms with Crippen LogP contribution in [0.15, 0.2) is 18.2 Å². The van der Waals surface area contributed by atoms with Crippen LogP contribution in [0.2, 0.25) is 0 Å². The van der Waals surface area contributed by atoms with Gasteiger partial charge in [0.1, 0.15) is 0 Å². The van der Waals surface area contributed by atoms with E-state index in [1.165, 1.54) is 6.42 Å². The van der Waals surface area contributed by atoms with Crippen LogP contribution >= 0.6 is 0 Å². The predicted octanol–water partition coefficient (Wildman–Crippen LogP) is 1.70. The fourth-order valence-corrected chi connectivity index (χ4v) is 3.18. The van der Waals surface area contributed by atoms with Crippen LogP contribution in [0, 0.1) is 23.0 Å². The first-order valence-corrected chi connectivity index (χ1v) is 6.38. The number of anilines is 1. The van der Waals surface area contributed by atoms with E-state index in [0.29, 0.717) is 12.0 Å². The van der Waals surface area contributed by atoms with Gasteiger partial charge < -0.3 is 10.2 Å². The molecule has 2 fully saturated rings.